The summed E-state index contributed by atoms with van der Waals surface area (Å²) in [6.07, 6.45) is 0. The SMILES string of the molecule is COc1ccc2c(c1)sc(=NC(=O)CSCC(=O)N1CCN(c3ccccc3)CC1)n2C. The predicted octanol–water partition coefficient (Wildman–Crippen LogP) is 2.76. The molecule has 0 N–H and O–H groups in total. The average Bonchev–Trinajstić information content (AvgIpc) is 3.13. The quantitative estimate of drug-likeness (QED) is 0.554. The van der Waals surface area contributed by atoms with Gasteiger partial charge in [-0.3, -0.25) is 9.59 Å². The number of thioether (sulfide) groups is 1. The van der Waals surface area contributed by atoms with Crippen LogP contribution in [0.3, 0.4) is 0 Å². The molecule has 0 aliphatic carbocycles. The molecule has 0 atom stereocenters. The molecule has 1 aliphatic rings. The molecule has 1 aliphatic heterocycles. The number of hydrogen-bond donors (Lipinski definition) is 0. The Bertz CT molecular complexity index is 1160. The van der Waals surface area contributed by atoms with E-state index in [-0.39, 0.29) is 17.6 Å². The molecule has 1 fully saturated rings. The number of aromatic nitrogens is 1. The minimum Gasteiger partial charge on any atom is -0.497 e. The Morgan fingerprint density at radius 2 is 1.81 bits per heavy atom. The molecule has 0 bridgehead atoms. The number of carbonyl (C=O) groups is 2. The van der Waals surface area contributed by atoms with Crippen LogP contribution < -0.4 is 14.4 Å². The van der Waals surface area contributed by atoms with E-state index >= 15 is 0 Å². The van der Waals surface area contributed by atoms with Crippen LogP contribution in [0.25, 0.3) is 10.2 Å². The van der Waals surface area contributed by atoms with Crippen molar-refractivity contribution >= 4 is 50.8 Å². The van der Waals surface area contributed by atoms with E-state index in [0.29, 0.717) is 23.6 Å². The summed E-state index contributed by atoms with van der Waals surface area (Å²) in [6, 6.07) is 16.0. The molecule has 0 spiro atoms. The van der Waals surface area contributed by atoms with Gasteiger partial charge in [-0.05, 0) is 30.3 Å². The maximum Gasteiger partial charge on any atom is 0.258 e. The molecule has 2 aromatic carbocycles. The third kappa shape index (κ3) is 5.16. The highest BCUT2D eigenvalue weighted by molar-refractivity contribution is 8.00. The number of hydrogen-bond acceptors (Lipinski definition) is 6. The highest BCUT2D eigenvalue weighted by Crippen LogP contribution is 2.22. The van der Waals surface area contributed by atoms with Gasteiger partial charge in [0.05, 0.1) is 28.8 Å². The first-order valence-corrected chi connectivity index (χ1v) is 12.4. The first-order chi connectivity index (χ1) is 15.5. The largest absolute Gasteiger partial charge is 0.497 e. The highest BCUT2D eigenvalue weighted by Gasteiger charge is 2.21. The predicted molar refractivity (Wildman–Crippen MR) is 130 cm³/mol. The second-order valence-electron chi connectivity index (χ2n) is 7.48. The molecule has 168 valence electrons. The number of amides is 2. The summed E-state index contributed by atoms with van der Waals surface area (Å²) in [6.45, 7) is 3.05. The van der Waals surface area contributed by atoms with Gasteiger partial charge >= 0.3 is 0 Å². The van der Waals surface area contributed by atoms with E-state index in [1.807, 2.05) is 52.9 Å². The second-order valence-corrected chi connectivity index (χ2v) is 9.47. The van der Waals surface area contributed by atoms with Gasteiger partial charge in [-0.2, -0.15) is 4.99 Å². The minimum absolute atomic E-state index is 0.0787. The number of anilines is 1. The van der Waals surface area contributed by atoms with Crippen LogP contribution in [-0.2, 0) is 16.6 Å². The second kappa shape index (κ2) is 10.2. The molecule has 3 aromatic rings. The third-order valence-corrected chi connectivity index (χ3v) is 7.44. The summed E-state index contributed by atoms with van der Waals surface area (Å²) >= 11 is 2.77. The van der Waals surface area contributed by atoms with Crippen molar-refractivity contribution in [3.05, 3.63) is 53.3 Å². The fourth-order valence-electron chi connectivity index (χ4n) is 3.66. The zero-order valence-corrected chi connectivity index (χ0v) is 19.8. The van der Waals surface area contributed by atoms with E-state index in [0.717, 1.165) is 29.1 Å². The molecule has 7 nitrogen and oxygen atoms in total. The van der Waals surface area contributed by atoms with Crippen LogP contribution in [0.5, 0.6) is 5.75 Å². The molecule has 2 amide bonds. The van der Waals surface area contributed by atoms with Crippen molar-refractivity contribution in [3.8, 4) is 5.75 Å². The standard InChI is InChI=1S/C23H26N4O3S2/c1-25-19-9-8-18(30-2)14-20(19)32-23(25)24-21(28)15-31-16-22(29)27-12-10-26(11-13-27)17-6-4-3-5-7-17/h3-9,14H,10-13,15-16H2,1-2H3. The number of aryl methyl sites for hydroxylation is 1. The van der Waals surface area contributed by atoms with Gasteiger partial charge in [-0.15, -0.1) is 11.8 Å². The molecule has 0 saturated carbocycles. The highest BCUT2D eigenvalue weighted by atomic mass is 32.2. The number of carbonyl (C=O) groups excluding carboxylic acids is 2. The Labute approximate surface area is 195 Å². The van der Waals surface area contributed by atoms with Gasteiger partial charge in [0, 0.05) is 38.9 Å². The van der Waals surface area contributed by atoms with Crippen LogP contribution >= 0.6 is 23.1 Å². The molecule has 1 aromatic heterocycles. The van der Waals surface area contributed by atoms with Gasteiger partial charge < -0.3 is 19.1 Å². The van der Waals surface area contributed by atoms with E-state index < -0.39 is 0 Å². The van der Waals surface area contributed by atoms with E-state index in [2.05, 4.69) is 22.0 Å². The van der Waals surface area contributed by atoms with E-state index in [1.54, 1.807) is 7.11 Å². The molecule has 0 unspecified atom stereocenters. The van der Waals surface area contributed by atoms with Crippen molar-refractivity contribution in [1.29, 1.82) is 0 Å². The van der Waals surface area contributed by atoms with Gasteiger partial charge in [-0.25, -0.2) is 0 Å². The van der Waals surface area contributed by atoms with Gasteiger partial charge in [0.1, 0.15) is 5.75 Å². The van der Waals surface area contributed by atoms with Crippen LogP contribution in [0.2, 0.25) is 0 Å². The lowest BCUT2D eigenvalue weighted by Crippen LogP contribution is -2.49. The minimum atomic E-state index is -0.231. The molecule has 9 heteroatoms. The van der Waals surface area contributed by atoms with Crippen molar-refractivity contribution < 1.29 is 14.3 Å². The van der Waals surface area contributed by atoms with E-state index in [4.69, 9.17) is 4.74 Å². The van der Waals surface area contributed by atoms with Gasteiger partial charge in [0.25, 0.3) is 5.91 Å². The first-order valence-electron chi connectivity index (χ1n) is 10.4. The summed E-state index contributed by atoms with van der Waals surface area (Å²) in [7, 11) is 3.52. The number of methoxy groups -OCH3 is 1. The topological polar surface area (TPSA) is 67.1 Å². The number of thiazole rings is 1. The van der Waals surface area contributed by atoms with Crippen LogP contribution in [0.4, 0.5) is 5.69 Å². The van der Waals surface area contributed by atoms with Crippen molar-refractivity contribution in [2.24, 2.45) is 12.0 Å². The van der Waals surface area contributed by atoms with Gasteiger partial charge in [-0.1, -0.05) is 29.5 Å². The van der Waals surface area contributed by atoms with E-state index in [9.17, 15) is 9.59 Å². The number of ether oxygens (including phenoxy) is 1. The van der Waals surface area contributed by atoms with Crippen LogP contribution in [0.1, 0.15) is 0 Å². The number of nitrogens with zero attached hydrogens (tertiary/aromatic N) is 4. The summed E-state index contributed by atoms with van der Waals surface area (Å²) < 4.78 is 8.18. The lowest BCUT2D eigenvalue weighted by molar-refractivity contribution is -0.128. The zero-order chi connectivity index (χ0) is 22.5. The van der Waals surface area contributed by atoms with Crippen LogP contribution in [-0.4, -0.2) is 66.1 Å². The number of fused-ring (bicyclic) bond motifs is 1. The lowest BCUT2D eigenvalue weighted by Gasteiger charge is -2.36. The molecular weight excluding hydrogens is 444 g/mol. The van der Waals surface area contributed by atoms with Crippen LogP contribution in [0, 0.1) is 0 Å². The Balaban J connectivity index is 1.27. The van der Waals surface area contributed by atoms with Crippen LogP contribution in [0.15, 0.2) is 53.5 Å². The normalized spacial score (nSPS) is 14.8. The monoisotopic (exact) mass is 470 g/mol. The lowest BCUT2D eigenvalue weighted by atomic mass is 10.2. The Morgan fingerprint density at radius 1 is 1.06 bits per heavy atom. The first kappa shape index (κ1) is 22.4. The average molecular weight is 471 g/mol. The summed E-state index contributed by atoms with van der Waals surface area (Å²) in [5.41, 5.74) is 2.19. The van der Waals surface area contributed by atoms with Crippen molar-refractivity contribution in [1.82, 2.24) is 9.47 Å². The zero-order valence-electron chi connectivity index (χ0n) is 18.2. The summed E-state index contributed by atoms with van der Waals surface area (Å²) in [5.74, 6) is 1.10. The maximum absolute atomic E-state index is 12.5. The summed E-state index contributed by atoms with van der Waals surface area (Å²) in [5, 5.41) is 0. The molecule has 2 heterocycles. The fraction of sp³-hybridized carbons (Fsp3) is 0.348. The van der Waals surface area contributed by atoms with Crippen molar-refractivity contribution in [2.75, 3.05) is 49.7 Å². The Kier molecular flexibility index (Phi) is 7.16. The number of rotatable bonds is 6. The number of para-hydroxylation sites is 1. The summed E-state index contributed by atoms with van der Waals surface area (Å²) in [4.78, 5) is 34.0. The molecule has 4 rings (SSSR count). The van der Waals surface area contributed by atoms with Gasteiger partial charge in [0.2, 0.25) is 5.91 Å². The third-order valence-electron chi connectivity index (χ3n) is 5.44. The number of piperazine rings is 1. The maximum atomic E-state index is 12.5. The van der Waals surface area contributed by atoms with Crippen molar-refractivity contribution in [2.45, 2.75) is 0 Å². The van der Waals surface area contributed by atoms with Crippen molar-refractivity contribution in [3.63, 3.8) is 0 Å². The Morgan fingerprint density at radius 3 is 2.53 bits per heavy atom. The van der Waals surface area contributed by atoms with Gasteiger partial charge in [0.15, 0.2) is 4.80 Å². The Hall–Kier alpha value is -2.78. The smallest absolute Gasteiger partial charge is 0.258 e. The molecular formula is C23H26N4O3S2. The number of benzene rings is 2. The molecule has 1 saturated heterocycles. The molecule has 32 heavy (non-hydrogen) atoms. The molecule has 0 radical (unpaired) electrons. The van der Waals surface area contributed by atoms with E-state index in [1.165, 1.54) is 28.8 Å². The fourth-order valence-corrected chi connectivity index (χ4v) is 5.42.